The quantitative estimate of drug-likeness (QED) is 0.204. The van der Waals surface area contributed by atoms with Crippen LogP contribution in [0, 0.1) is 17.8 Å². The molecule has 2 aliphatic heterocycles. The third kappa shape index (κ3) is 12.4. The number of carbonyl (C=O) groups is 2. The van der Waals surface area contributed by atoms with Gasteiger partial charge in [0.15, 0.2) is 11.6 Å². The maximum atomic E-state index is 11.2. The third-order valence-electron chi connectivity index (χ3n) is 7.98. The van der Waals surface area contributed by atoms with Crippen molar-refractivity contribution in [2.75, 3.05) is 52.5 Å². The zero-order chi connectivity index (χ0) is 29.6. The Balaban J connectivity index is 0.000000226. The first-order valence-electron chi connectivity index (χ1n) is 15.6. The van der Waals surface area contributed by atoms with Crippen molar-refractivity contribution in [2.45, 2.75) is 66.7 Å². The number of rotatable bonds is 12. The summed E-state index contributed by atoms with van der Waals surface area (Å²) < 4.78 is 11.5. The van der Waals surface area contributed by atoms with E-state index in [1.54, 1.807) is 13.8 Å². The van der Waals surface area contributed by atoms with Crippen molar-refractivity contribution in [1.29, 1.82) is 0 Å². The van der Waals surface area contributed by atoms with E-state index in [4.69, 9.17) is 9.47 Å². The number of Topliss-reactive ketones (excluding diaryl/α,β-unsaturated/α-hetero) is 2. The highest BCUT2D eigenvalue weighted by molar-refractivity contribution is 5.94. The van der Waals surface area contributed by atoms with E-state index in [0.717, 1.165) is 79.5 Å². The minimum Gasteiger partial charge on any atom is -0.494 e. The molecule has 0 radical (unpaired) electrons. The molecule has 2 aromatic rings. The number of hydrogen-bond donors (Lipinski definition) is 0. The zero-order valence-electron chi connectivity index (χ0n) is 26.1. The largest absolute Gasteiger partial charge is 0.494 e. The summed E-state index contributed by atoms with van der Waals surface area (Å²) in [6.45, 7) is 18.8. The second-order valence-corrected chi connectivity index (χ2v) is 12.3. The average molecular weight is 565 g/mol. The molecule has 2 aliphatic rings. The number of ketones is 2. The number of benzene rings is 2. The highest BCUT2D eigenvalue weighted by atomic mass is 16.5. The van der Waals surface area contributed by atoms with Gasteiger partial charge in [0.1, 0.15) is 11.5 Å². The van der Waals surface area contributed by atoms with Crippen LogP contribution in [0.5, 0.6) is 11.5 Å². The van der Waals surface area contributed by atoms with E-state index in [9.17, 15) is 9.59 Å². The van der Waals surface area contributed by atoms with Crippen molar-refractivity contribution in [3.8, 4) is 11.5 Å². The normalized spacial score (nSPS) is 21.4. The number of hydrogen-bond acceptors (Lipinski definition) is 6. The van der Waals surface area contributed by atoms with E-state index in [2.05, 4.69) is 30.6 Å². The molecule has 0 aliphatic carbocycles. The van der Waals surface area contributed by atoms with Crippen LogP contribution >= 0.6 is 0 Å². The first-order chi connectivity index (χ1) is 19.7. The van der Waals surface area contributed by atoms with Gasteiger partial charge in [-0.2, -0.15) is 0 Å². The summed E-state index contributed by atoms with van der Waals surface area (Å²) >= 11 is 0. The van der Waals surface area contributed by atoms with Crippen molar-refractivity contribution in [3.05, 3.63) is 59.7 Å². The van der Waals surface area contributed by atoms with Crippen LogP contribution in [0.15, 0.2) is 48.5 Å². The van der Waals surface area contributed by atoms with Crippen LogP contribution in [0.3, 0.4) is 0 Å². The minimum absolute atomic E-state index is 0.0925. The van der Waals surface area contributed by atoms with E-state index >= 15 is 0 Å². The van der Waals surface area contributed by atoms with Crippen LogP contribution in [-0.4, -0.2) is 73.8 Å². The molecule has 0 aromatic heterocycles. The molecule has 2 aromatic carbocycles. The third-order valence-corrected chi connectivity index (χ3v) is 7.98. The molecule has 0 bridgehead atoms. The second-order valence-electron chi connectivity index (χ2n) is 12.3. The fraction of sp³-hybridized carbons (Fsp3) is 0.600. The number of likely N-dealkylation sites (tertiary alicyclic amines) is 2. The van der Waals surface area contributed by atoms with Gasteiger partial charge >= 0.3 is 0 Å². The summed E-state index contributed by atoms with van der Waals surface area (Å²) in [5.41, 5.74) is 1.47. The zero-order valence-corrected chi connectivity index (χ0v) is 26.1. The molecule has 2 saturated heterocycles. The molecule has 1 unspecified atom stereocenters. The van der Waals surface area contributed by atoms with Crippen molar-refractivity contribution < 1.29 is 19.1 Å². The molecule has 3 atom stereocenters. The molecule has 2 fully saturated rings. The number of piperidine rings is 2. The molecule has 0 amide bonds. The molecular weight excluding hydrogens is 512 g/mol. The van der Waals surface area contributed by atoms with Crippen molar-refractivity contribution in [3.63, 3.8) is 0 Å². The van der Waals surface area contributed by atoms with Gasteiger partial charge in [0.2, 0.25) is 0 Å². The number of ether oxygens (including phenoxy) is 2. The van der Waals surface area contributed by atoms with E-state index in [0.29, 0.717) is 0 Å². The maximum absolute atomic E-state index is 11.2. The lowest BCUT2D eigenvalue weighted by Gasteiger charge is -2.34. The maximum Gasteiger partial charge on any atom is 0.159 e. The first-order valence-corrected chi connectivity index (χ1v) is 15.6. The van der Waals surface area contributed by atoms with Crippen LogP contribution in [0.4, 0.5) is 0 Å². The lowest BCUT2D eigenvalue weighted by molar-refractivity contribution is 0.100. The second kappa shape index (κ2) is 17.3. The van der Waals surface area contributed by atoms with Crippen LogP contribution in [0.1, 0.15) is 87.4 Å². The van der Waals surface area contributed by atoms with Crippen LogP contribution in [0.25, 0.3) is 0 Å². The van der Waals surface area contributed by atoms with Gasteiger partial charge in [0, 0.05) is 43.9 Å². The van der Waals surface area contributed by atoms with Crippen LogP contribution in [-0.2, 0) is 0 Å². The van der Waals surface area contributed by atoms with E-state index in [1.807, 2.05) is 48.5 Å². The van der Waals surface area contributed by atoms with Crippen molar-refractivity contribution >= 4 is 11.6 Å². The van der Waals surface area contributed by atoms with Gasteiger partial charge in [-0.05, 0) is 119 Å². The Labute approximate surface area is 248 Å². The number of nitrogens with zero attached hydrogens (tertiary/aromatic N) is 2. The first kappa shape index (κ1) is 32.8. The topological polar surface area (TPSA) is 59.1 Å². The van der Waals surface area contributed by atoms with Crippen LogP contribution < -0.4 is 9.47 Å². The lowest BCUT2D eigenvalue weighted by Crippen LogP contribution is -2.39. The molecular formula is C35H52N2O4. The molecule has 0 spiro atoms. The average Bonchev–Trinajstić information content (AvgIpc) is 2.94. The Morgan fingerprint density at radius 3 is 1.56 bits per heavy atom. The van der Waals surface area contributed by atoms with E-state index in [-0.39, 0.29) is 11.6 Å². The molecule has 41 heavy (non-hydrogen) atoms. The van der Waals surface area contributed by atoms with Gasteiger partial charge in [-0.1, -0.05) is 20.8 Å². The predicted molar refractivity (Wildman–Crippen MR) is 167 cm³/mol. The predicted octanol–water partition coefficient (Wildman–Crippen LogP) is 7.03. The molecule has 4 rings (SSSR count). The summed E-state index contributed by atoms with van der Waals surface area (Å²) in [4.78, 5) is 27.5. The van der Waals surface area contributed by atoms with Gasteiger partial charge in [0.05, 0.1) is 13.2 Å². The van der Waals surface area contributed by atoms with Gasteiger partial charge in [-0.3, -0.25) is 9.59 Å². The fourth-order valence-corrected chi connectivity index (χ4v) is 5.99. The summed E-state index contributed by atoms with van der Waals surface area (Å²) in [5, 5.41) is 0. The smallest absolute Gasteiger partial charge is 0.159 e. The fourth-order valence-electron chi connectivity index (χ4n) is 5.99. The molecule has 2 heterocycles. The monoisotopic (exact) mass is 564 g/mol. The SMILES string of the molecule is CC(=O)c1ccc(OCCCN2CCCC(C)C2)cc1.CC(=O)c1ccc(OCCCN2C[C@@H](C)C[C@H](C)C2)cc1. The minimum atomic E-state index is 0.0925. The highest BCUT2D eigenvalue weighted by Gasteiger charge is 2.21. The Kier molecular flexibility index (Phi) is 13.8. The molecule has 0 saturated carbocycles. The summed E-state index contributed by atoms with van der Waals surface area (Å²) in [6.07, 6.45) is 6.16. The molecule has 226 valence electrons. The van der Waals surface area contributed by atoms with Crippen molar-refractivity contribution in [2.24, 2.45) is 17.8 Å². The Hall–Kier alpha value is -2.70. The molecule has 6 nitrogen and oxygen atoms in total. The Bertz CT molecular complexity index is 1040. The van der Waals surface area contributed by atoms with Gasteiger partial charge < -0.3 is 19.3 Å². The summed E-state index contributed by atoms with van der Waals surface area (Å²) in [5.74, 6) is 4.35. The lowest BCUT2D eigenvalue weighted by atomic mass is 9.92. The standard InChI is InChI=1S/C18H27NO2.C17H25NO2/c1-14-11-15(2)13-19(12-14)9-4-10-21-18-7-5-17(6-8-18)16(3)20;1-14-5-3-10-18(13-14)11-4-12-20-17-8-6-16(7-9-17)15(2)19/h5-8,14-15H,4,9-13H2,1-3H3;6-9,14H,3-5,10-13H2,1-2H3/t14-,15-;/m0./s1. The van der Waals surface area contributed by atoms with E-state index < -0.39 is 0 Å². The highest BCUT2D eigenvalue weighted by Crippen LogP contribution is 2.21. The van der Waals surface area contributed by atoms with Crippen LogP contribution in [0.2, 0.25) is 0 Å². The van der Waals surface area contributed by atoms with Gasteiger partial charge in [-0.25, -0.2) is 0 Å². The van der Waals surface area contributed by atoms with Crippen molar-refractivity contribution in [1.82, 2.24) is 9.80 Å². The van der Waals surface area contributed by atoms with Gasteiger partial charge in [-0.15, -0.1) is 0 Å². The summed E-state index contributed by atoms with van der Waals surface area (Å²) in [7, 11) is 0. The molecule has 6 heteroatoms. The van der Waals surface area contributed by atoms with Gasteiger partial charge in [0.25, 0.3) is 0 Å². The Morgan fingerprint density at radius 2 is 1.12 bits per heavy atom. The van der Waals surface area contributed by atoms with E-state index in [1.165, 1.54) is 45.4 Å². The number of carbonyl (C=O) groups excluding carboxylic acids is 2. The molecule has 0 N–H and O–H groups in total. The Morgan fingerprint density at radius 1 is 0.683 bits per heavy atom. The summed E-state index contributed by atoms with van der Waals surface area (Å²) in [6, 6.07) is 14.8.